The molecule has 0 fully saturated rings. The Kier molecular flexibility index (Phi) is 1.86. The maximum atomic E-state index is 11.5. The van der Waals surface area contributed by atoms with Crippen LogP contribution < -0.4 is 5.56 Å². The van der Waals surface area contributed by atoms with Crippen LogP contribution in [0.2, 0.25) is 0 Å². The van der Waals surface area contributed by atoms with E-state index in [1.807, 2.05) is 30.3 Å². The number of nitrogens with one attached hydrogen (secondary N) is 1. The van der Waals surface area contributed by atoms with Gasteiger partial charge in [0.25, 0.3) is 5.56 Å². The Morgan fingerprint density at radius 1 is 1.19 bits per heavy atom. The third-order valence-corrected chi connectivity index (χ3v) is 2.47. The summed E-state index contributed by atoms with van der Waals surface area (Å²) >= 11 is 0. The second-order valence-corrected chi connectivity index (χ2v) is 3.51. The number of nitrogens with zero attached hydrogens (tertiary/aromatic N) is 2. The molecule has 1 N–H and O–H groups in total. The number of aromatic nitrogens is 3. The predicted molar refractivity (Wildman–Crippen MR) is 61.2 cm³/mol. The molecule has 0 aliphatic carbocycles. The molecule has 0 unspecified atom stereocenters. The van der Waals surface area contributed by atoms with Crippen molar-refractivity contribution >= 4 is 5.52 Å². The van der Waals surface area contributed by atoms with Crippen LogP contribution in [0.25, 0.3) is 16.8 Å². The summed E-state index contributed by atoms with van der Waals surface area (Å²) in [6.07, 6.45) is 3.31. The SMILES string of the molecule is O=c1[nH]ccn2nc(-c3ccccc3)cc12. The monoisotopic (exact) mass is 211 g/mol. The van der Waals surface area contributed by atoms with Crippen molar-refractivity contribution in [2.45, 2.75) is 0 Å². The number of aromatic amines is 1. The fourth-order valence-corrected chi connectivity index (χ4v) is 1.69. The third kappa shape index (κ3) is 1.32. The molecule has 0 bridgehead atoms. The van der Waals surface area contributed by atoms with E-state index in [9.17, 15) is 4.79 Å². The molecule has 78 valence electrons. The minimum absolute atomic E-state index is 0.128. The minimum atomic E-state index is -0.128. The van der Waals surface area contributed by atoms with Gasteiger partial charge in [0.15, 0.2) is 0 Å². The molecule has 2 aromatic heterocycles. The molecule has 0 atom stereocenters. The van der Waals surface area contributed by atoms with Gasteiger partial charge in [-0.2, -0.15) is 5.10 Å². The molecule has 16 heavy (non-hydrogen) atoms. The summed E-state index contributed by atoms with van der Waals surface area (Å²) in [5.41, 5.74) is 2.24. The molecule has 0 saturated heterocycles. The largest absolute Gasteiger partial charge is 0.326 e. The van der Waals surface area contributed by atoms with Gasteiger partial charge >= 0.3 is 0 Å². The first-order chi connectivity index (χ1) is 7.84. The van der Waals surface area contributed by atoms with Crippen molar-refractivity contribution in [2.24, 2.45) is 0 Å². The lowest BCUT2D eigenvalue weighted by molar-refractivity contribution is 0.940. The van der Waals surface area contributed by atoms with E-state index in [2.05, 4.69) is 10.1 Å². The Morgan fingerprint density at radius 3 is 2.75 bits per heavy atom. The highest BCUT2D eigenvalue weighted by molar-refractivity contribution is 5.65. The first-order valence-electron chi connectivity index (χ1n) is 4.97. The molecular formula is C12H9N3O. The summed E-state index contributed by atoms with van der Waals surface area (Å²) in [7, 11) is 0. The second kappa shape index (κ2) is 3.34. The van der Waals surface area contributed by atoms with E-state index in [0.29, 0.717) is 5.52 Å². The van der Waals surface area contributed by atoms with Gasteiger partial charge in [-0.1, -0.05) is 30.3 Å². The first-order valence-corrected chi connectivity index (χ1v) is 4.97. The molecule has 0 amide bonds. The average molecular weight is 211 g/mol. The van der Waals surface area contributed by atoms with E-state index in [0.717, 1.165) is 11.3 Å². The second-order valence-electron chi connectivity index (χ2n) is 3.51. The van der Waals surface area contributed by atoms with Crippen LogP contribution in [0, 0.1) is 0 Å². The van der Waals surface area contributed by atoms with E-state index < -0.39 is 0 Å². The van der Waals surface area contributed by atoms with Crippen molar-refractivity contribution < 1.29 is 0 Å². The van der Waals surface area contributed by atoms with Gasteiger partial charge in [0.1, 0.15) is 5.52 Å². The molecule has 0 aliphatic rings. The van der Waals surface area contributed by atoms with Gasteiger partial charge in [0.05, 0.1) is 5.69 Å². The zero-order valence-electron chi connectivity index (χ0n) is 8.42. The lowest BCUT2D eigenvalue weighted by atomic mass is 10.1. The quantitative estimate of drug-likeness (QED) is 0.665. The molecule has 0 saturated carbocycles. The molecule has 3 aromatic rings. The van der Waals surface area contributed by atoms with Crippen LogP contribution in [0.5, 0.6) is 0 Å². The van der Waals surface area contributed by atoms with Crippen LogP contribution in [0.15, 0.2) is 53.6 Å². The highest BCUT2D eigenvalue weighted by atomic mass is 16.1. The van der Waals surface area contributed by atoms with Gasteiger partial charge < -0.3 is 4.98 Å². The fraction of sp³-hybridized carbons (Fsp3) is 0. The maximum Gasteiger partial charge on any atom is 0.273 e. The smallest absolute Gasteiger partial charge is 0.273 e. The van der Waals surface area contributed by atoms with E-state index >= 15 is 0 Å². The maximum absolute atomic E-state index is 11.5. The summed E-state index contributed by atoms with van der Waals surface area (Å²) in [6.45, 7) is 0. The number of H-pyrrole nitrogens is 1. The number of hydrogen-bond acceptors (Lipinski definition) is 2. The van der Waals surface area contributed by atoms with Crippen LogP contribution in [0.3, 0.4) is 0 Å². The Morgan fingerprint density at radius 2 is 2.00 bits per heavy atom. The zero-order chi connectivity index (χ0) is 11.0. The minimum Gasteiger partial charge on any atom is -0.326 e. The van der Waals surface area contributed by atoms with Gasteiger partial charge in [-0.05, 0) is 6.07 Å². The number of hydrogen-bond donors (Lipinski definition) is 1. The van der Waals surface area contributed by atoms with Gasteiger partial charge in [-0.3, -0.25) is 4.79 Å². The van der Waals surface area contributed by atoms with Crippen molar-refractivity contribution in [1.29, 1.82) is 0 Å². The van der Waals surface area contributed by atoms with Crippen molar-refractivity contribution in [2.75, 3.05) is 0 Å². The van der Waals surface area contributed by atoms with Crippen LogP contribution in [-0.2, 0) is 0 Å². The molecule has 4 heteroatoms. The molecule has 0 spiro atoms. The van der Waals surface area contributed by atoms with E-state index in [1.165, 1.54) is 0 Å². The van der Waals surface area contributed by atoms with Crippen molar-refractivity contribution in [3.05, 3.63) is 59.1 Å². The molecule has 0 radical (unpaired) electrons. The van der Waals surface area contributed by atoms with Crippen molar-refractivity contribution in [1.82, 2.24) is 14.6 Å². The summed E-state index contributed by atoms with van der Waals surface area (Å²) in [6, 6.07) is 11.6. The molecule has 1 aromatic carbocycles. The summed E-state index contributed by atoms with van der Waals surface area (Å²) < 4.78 is 1.58. The average Bonchev–Trinajstić information content (AvgIpc) is 2.76. The standard InChI is InChI=1S/C12H9N3O/c16-12-11-8-10(9-4-2-1-3-5-9)14-15(11)7-6-13-12/h1-8H,(H,13,16). The predicted octanol–water partition coefficient (Wildman–Crippen LogP) is 1.69. The summed E-state index contributed by atoms with van der Waals surface area (Å²) in [5, 5.41) is 4.34. The number of rotatable bonds is 1. The highest BCUT2D eigenvalue weighted by Gasteiger charge is 2.05. The zero-order valence-corrected chi connectivity index (χ0v) is 8.42. The fourth-order valence-electron chi connectivity index (χ4n) is 1.69. The van der Waals surface area contributed by atoms with E-state index in [1.54, 1.807) is 23.0 Å². The summed E-state index contributed by atoms with van der Waals surface area (Å²) in [4.78, 5) is 14.1. The molecule has 4 nitrogen and oxygen atoms in total. The topological polar surface area (TPSA) is 50.2 Å². The van der Waals surface area contributed by atoms with Crippen LogP contribution in [0.4, 0.5) is 0 Å². The lowest BCUT2D eigenvalue weighted by Crippen LogP contribution is -2.07. The Balaban J connectivity index is 2.28. The summed E-state index contributed by atoms with van der Waals surface area (Å²) in [5.74, 6) is 0. The Labute approximate surface area is 91.2 Å². The van der Waals surface area contributed by atoms with Crippen LogP contribution in [0.1, 0.15) is 0 Å². The third-order valence-electron chi connectivity index (χ3n) is 2.47. The first kappa shape index (κ1) is 8.91. The van der Waals surface area contributed by atoms with Crippen molar-refractivity contribution in [3.8, 4) is 11.3 Å². The van der Waals surface area contributed by atoms with Crippen molar-refractivity contribution in [3.63, 3.8) is 0 Å². The van der Waals surface area contributed by atoms with E-state index in [-0.39, 0.29) is 5.56 Å². The normalized spacial score (nSPS) is 10.8. The number of benzene rings is 1. The van der Waals surface area contributed by atoms with E-state index in [4.69, 9.17) is 0 Å². The molecule has 0 aliphatic heterocycles. The van der Waals surface area contributed by atoms with Gasteiger partial charge in [-0.15, -0.1) is 0 Å². The Hall–Kier alpha value is -2.36. The van der Waals surface area contributed by atoms with Crippen LogP contribution in [-0.4, -0.2) is 14.6 Å². The molecule has 2 heterocycles. The lowest BCUT2D eigenvalue weighted by Gasteiger charge is -1.92. The van der Waals surface area contributed by atoms with Crippen LogP contribution >= 0.6 is 0 Å². The number of fused-ring (bicyclic) bond motifs is 1. The van der Waals surface area contributed by atoms with Gasteiger partial charge in [0, 0.05) is 18.0 Å². The highest BCUT2D eigenvalue weighted by Crippen LogP contribution is 2.17. The van der Waals surface area contributed by atoms with Gasteiger partial charge in [-0.25, -0.2) is 4.52 Å². The molecule has 3 rings (SSSR count). The van der Waals surface area contributed by atoms with Gasteiger partial charge in [0.2, 0.25) is 0 Å². The molecular weight excluding hydrogens is 202 g/mol. The Bertz CT molecular complexity index is 682.